The molecule has 1 amide bonds. The van der Waals surface area contributed by atoms with Crippen LogP contribution in [0.15, 0.2) is 4.99 Å². The van der Waals surface area contributed by atoms with Gasteiger partial charge in [-0.05, 0) is 13.8 Å². The van der Waals surface area contributed by atoms with Gasteiger partial charge in [0.2, 0.25) is 5.91 Å². The van der Waals surface area contributed by atoms with Gasteiger partial charge in [0.25, 0.3) is 0 Å². The maximum absolute atomic E-state index is 11.6. The molecule has 1 aliphatic heterocycles. The van der Waals surface area contributed by atoms with E-state index in [0.717, 1.165) is 25.6 Å². The summed E-state index contributed by atoms with van der Waals surface area (Å²) in [5.74, 6) is 0.819. The van der Waals surface area contributed by atoms with Gasteiger partial charge in [-0.3, -0.25) is 9.79 Å². The van der Waals surface area contributed by atoms with E-state index in [1.807, 2.05) is 13.8 Å². The third kappa shape index (κ3) is 2.61. The third-order valence-corrected chi connectivity index (χ3v) is 2.25. The van der Waals surface area contributed by atoms with Crippen molar-refractivity contribution >= 4 is 11.9 Å². The van der Waals surface area contributed by atoms with Crippen LogP contribution < -0.4 is 10.6 Å². The van der Waals surface area contributed by atoms with E-state index in [9.17, 15) is 4.79 Å². The first kappa shape index (κ1) is 10.8. The minimum atomic E-state index is -0.218. The van der Waals surface area contributed by atoms with Gasteiger partial charge in [-0.25, -0.2) is 0 Å². The van der Waals surface area contributed by atoms with Crippen LogP contribution in [0.2, 0.25) is 0 Å². The van der Waals surface area contributed by atoms with Crippen LogP contribution in [0.3, 0.4) is 0 Å². The summed E-state index contributed by atoms with van der Waals surface area (Å²) in [5, 5.41) is 6.11. The molecule has 0 fully saturated rings. The molecule has 0 aromatic heterocycles. The molecule has 0 saturated heterocycles. The highest BCUT2D eigenvalue weighted by Crippen LogP contribution is 1.92. The Balaban J connectivity index is 2.40. The quantitative estimate of drug-likeness (QED) is 0.637. The normalized spacial score (nSPS) is 16.9. The summed E-state index contributed by atoms with van der Waals surface area (Å²) in [5.41, 5.74) is 0. The van der Waals surface area contributed by atoms with Crippen LogP contribution in [0.5, 0.6) is 0 Å². The molecule has 14 heavy (non-hydrogen) atoms. The number of nitrogens with zero attached hydrogens (tertiary/aromatic N) is 2. The standard InChI is InChI=1S/C9H18N4O/c1-4-13(3)8(14)7(2)12-9-10-5-6-11-9/h7H,4-6H2,1-3H3,(H2,10,11,12). The largest absolute Gasteiger partial charge is 0.355 e. The van der Waals surface area contributed by atoms with E-state index in [0.29, 0.717) is 0 Å². The summed E-state index contributed by atoms with van der Waals surface area (Å²) in [6.07, 6.45) is 0. The zero-order valence-corrected chi connectivity index (χ0v) is 9.00. The third-order valence-electron chi connectivity index (χ3n) is 2.25. The van der Waals surface area contributed by atoms with Crippen molar-refractivity contribution in [1.29, 1.82) is 0 Å². The summed E-state index contributed by atoms with van der Waals surface area (Å²) < 4.78 is 0. The van der Waals surface area contributed by atoms with Crippen LogP contribution in [0.1, 0.15) is 13.8 Å². The van der Waals surface area contributed by atoms with Crippen molar-refractivity contribution in [2.75, 3.05) is 26.7 Å². The van der Waals surface area contributed by atoms with Gasteiger partial charge in [-0.2, -0.15) is 0 Å². The molecule has 80 valence electrons. The molecule has 0 radical (unpaired) electrons. The molecule has 1 heterocycles. The highest BCUT2D eigenvalue weighted by Gasteiger charge is 2.18. The molecule has 0 aliphatic carbocycles. The average molecular weight is 198 g/mol. The molecule has 1 atom stereocenters. The van der Waals surface area contributed by atoms with Gasteiger partial charge in [-0.15, -0.1) is 0 Å². The van der Waals surface area contributed by atoms with Crippen LogP contribution in [-0.4, -0.2) is 49.5 Å². The Kier molecular flexibility index (Phi) is 3.73. The van der Waals surface area contributed by atoms with E-state index >= 15 is 0 Å². The number of likely N-dealkylation sites (N-methyl/N-ethyl adjacent to an activating group) is 1. The molecule has 0 bridgehead atoms. The summed E-state index contributed by atoms with van der Waals surface area (Å²) in [6.45, 7) is 6.16. The van der Waals surface area contributed by atoms with Crippen molar-refractivity contribution in [3.8, 4) is 0 Å². The van der Waals surface area contributed by atoms with Gasteiger partial charge in [0.05, 0.1) is 6.54 Å². The minimum Gasteiger partial charge on any atom is -0.355 e. The number of hydrogen-bond donors (Lipinski definition) is 2. The maximum Gasteiger partial charge on any atom is 0.244 e. The number of carbonyl (C=O) groups excluding carboxylic acids is 1. The van der Waals surface area contributed by atoms with E-state index in [1.54, 1.807) is 11.9 Å². The SMILES string of the molecule is CCN(C)C(=O)C(C)NC1=NCCN1. The van der Waals surface area contributed by atoms with E-state index in [1.165, 1.54) is 0 Å². The van der Waals surface area contributed by atoms with E-state index < -0.39 is 0 Å². The van der Waals surface area contributed by atoms with Gasteiger partial charge < -0.3 is 15.5 Å². The zero-order chi connectivity index (χ0) is 10.6. The lowest BCUT2D eigenvalue weighted by atomic mass is 10.3. The molecule has 5 heteroatoms. The fourth-order valence-corrected chi connectivity index (χ4v) is 1.25. The Hall–Kier alpha value is -1.26. The number of hydrogen-bond acceptors (Lipinski definition) is 4. The van der Waals surface area contributed by atoms with Crippen molar-refractivity contribution in [3.63, 3.8) is 0 Å². The van der Waals surface area contributed by atoms with Gasteiger partial charge in [-0.1, -0.05) is 0 Å². The molecule has 1 rings (SSSR count). The van der Waals surface area contributed by atoms with Crippen molar-refractivity contribution in [3.05, 3.63) is 0 Å². The van der Waals surface area contributed by atoms with Crippen LogP contribution >= 0.6 is 0 Å². The second kappa shape index (κ2) is 4.83. The van der Waals surface area contributed by atoms with Gasteiger partial charge in [0, 0.05) is 20.1 Å². The molecule has 0 aromatic rings. The highest BCUT2D eigenvalue weighted by molar-refractivity contribution is 5.89. The Morgan fingerprint density at radius 2 is 2.50 bits per heavy atom. The second-order valence-corrected chi connectivity index (χ2v) is 3.38. The van der Waals surface area contributed by atoms with Crippen molar-refractivity contribution < 1.29 is 4.79 Å². The van der Waals surface area contributed by atoms with E-state index in [-0.39, 0.29) is 11.9 Å². The minimum absolute atomic E-state index is 0.0869. The smallest absolute Gasteiger partial charge is 0.244 e. The van der Waals surface area contributed by atoms with E-state index in [2.05, 4.69) is 15.6 Å². The Morgan fingerprint density at radius 3 is 3.00 bits per heavy atom. The van der Waals surface area contributed by atoms with Crippen molar-refractivity contribution in [1.82, 2.24) is 15.5 Å². The average Bonchev–Trinajstić information content (AvgIpc) is 2.68. The predicted octanol–water partition coefficient (Wildman–Crippen LogP) is -0.598. The molecule has 5 nitrogen and oxygen atoms in total. The first-order chi connectivity index (χ1) is 6.65. The highest BCUT2D eigenvalue weighted by atomic mass is 16.2. The molecular formula is C9H18N4O. The topological polar surface area (TPSA) is 56.7 Å². The van der Waals surface area contributed by atoms with Crippen LogP contribution in [0, 0.1) is 0 Å². The lowest BCUT2D eigenvalue weighted by Gasteiger charge is -2.21. The molecule has 1 unspecified atom stereocenters. The summed E-state index contributed by atoms with van der Waals surface area (Å²) in [4.78, 5) is 17.5. The molecule has 0 aromatic carbocycles. The van der Waals surface area contributed by atoms with Crippen molar-refractivity contribution in [2.24, 2.45) is 4.99 Å². The molecule has 2 N–H and O–H groups in total. The molecule has 0 spiro atoms. The Bertz CT molecular complexity index is 239. The van der Waals surface area contributed by atoms with E-state index in [4.69, 9.17) is 0 Å². The number of nitrogens with one attached hydrogen (secondary N) is 2. The summed E-state index contributed by atoms with van der Waals surface area (Å²) in [7, 11) is 1.80. The molecule has 0 saturated carbocycles. The predicted molar refractivity (Wildman–Crippen MR) is 56.2 cm³/mol. The second-order valence-electron chi connectivity index (χ2n) is 3.38. The lowest BCUT2D eigenvalue weighted by molar-refractivity contribution is -0.131. The zero-order valence-electron chi connectivity index (χ0n) is 9.00. The number of carbonyl (C=O) groups is 1. The lowest BCUT2D eigenvalue weighted by Crippen LogP contribution is -2.48. The summed E-state index contributed by atoms with van der Waals surface area (Å²) >= 11 is 0. The van der Waals surface area contributed by atoms with Gasteiger partial charge in [0.15, 0.2) is 5.96 Å². The Labute approximate surface area is 84.6 Å². The van der Waals surface area contributed by atoms with Gasteiger partial charge in [0.1, 0.15) is 6.04 Å². The first-order valence-electron chi connectivity index (χ1n) is 4.95. The molecule has 1 aliphatic rings. The Morgan fingerprint density at radius 1 is 1.79 bits per heavy atom. The number of aliphatic imine (C=N–C) groups is 1. The van der Waals surface area contributed by atoms with Crippen LogP contribution in [-0.2, 0) is 4.79 Å². The first-order valence-corrected chi connectivity index (χ1v) is 4.95. The van der Waals surface area contributed by atoms with Crippen molar-refractivity contribution in [2.45, 2.75) is 19.9 Å². The molecular weight excluding hydrogens is 180 g/mol. The summed E-state index contributed by atoms with van der Waals surface area (Å²) in [6, 6.07) is -0.218. The monoisotopic (exact) mass is 198 g/mol. The maximum atomic E-state index is 11.6. The fraction of sp³-hybridized carbons (Fsp3) is 0.778. The van der Waals surface area contributed by atoms with Crippen LogP contribution in [0.4, 0.5) is 0 Å². The fourth-order valence-electron chi connectivity index (χ4n) is 1.25. The number of rotatable bonds is 3. The number of amides is 1. The van der Waals surface area contributed by atoms with Crippen LogP contribution in [0.25, 0.3) is 0 Å². The van der Waals surface area contributed by atoms with Gasteiger partial charge >= 0.3 is 0 Å². The number of guanidine groups is 1.